The molecule has 0 aliphatic heterocycles. The Morgan fingerprint density at radius 3 is 2.63 bits per heavy atom. The molecular weight excluding hydrogens is 490 g/mol. The van der Waals surface area contributed by atoms with E-state index in [1.54, 1.807) is 39.4 Å². The molecule has 0 fully saturated rings. The van der Waals surface area contributed by atoms with Crippen LogP contribution in [-0.2, 0) is 17.1 Å². The van der Waals surface area contributed by atoms with Gasteiger partial charge in [-0.1, -0.05) is 0 Å². The Hall–Kier alpha value is -3.48. The number of primary sulfonamides is 1. The standard InChI is InChI=1S/C23H25N5O5S2/c1-6-25-20(29)16-8-14-15(10-28(5)22(30)17(14)27-16)19-18(13(4)23(34-19)35(24,31)32)33-21-12(3)7-11(2)9-26-21/h7-10,27H,6H2,1-5H3,(H,25,29)(H2,24,31,32). The lowest BCUT2D eigenvalue weighted by molar-refractivity contribution is 0.0951. The average molecular weight is 516 g/mol. The Kier molecular flexibility index (Phi) is 6.30. The van der Waals surface area contributed by atoms with Crippen molar-refractivity contribution in [2.75, 3.05) is 6.54 Å². The van der Waals surface area contributed by atoms with Gasteiger partial charge in [-0.05, 0) is 45.4 Å². The summed E-state index contributed by atoms with van der Waals surface area (Å²) in [4.78, 5) is 33.0. The summed E-state index contributed by atoms with van der Waals surface area (Å²) >= 11 is 0.936. The molecule has 184 valence electrons. The largest absolute Gasteiger partial charge is 0.437 e. The number of ether oxygens (including phenoxy) is 1. The Morgan fingerprint density at radius 1 is 1.29 bits per heavy atom. The van der Waals surface area contributed by atoms with E-state index in [0.29, 0.717) is 33.8 Å². The number of aromatic nitrogens is 3. The zero-order chi connectivity index (χ0) is 25.7. The van der Waals surface area contributed by atoms with Crippen LogP contribution in [0.4, 0.5) is 0 Å². The van der Waals surface area contributed by atoms with E-state index in [2.05, 4.69) is 15.3 Å². The summed E-state index contributed by atoms with van der Waals surface area (Å²) in [6, 6.07) is 3.47. The fourth-order valence-corrected chi connectivity index (χ4v) is 6.07. The number of rotatable bonds is 6. The summed E-state index contributed by atoms with van der Waals surface area (Å²) in [5, 5.41) is 8.65. The van der Waals surface area contributed by atoms with Crippen molar-refractivity contribution in [2.24, 2.45) is 12.2 Å². The van der Waals surface area contributed by atoms with Crippen molar-refractivity contribution in [1.82, 2.24) is 19.9 Å². The average Bonchev–Trinajstić information content (AvgIpc) is 3.35. The first-order chi connectivity index (χ1) is 16.4. The third kappa shape index (κ3) is 4.47. The van der Waals surface area contributed by atoms with Gasteiger partial charge in [-0.25, -0.2) is 18.5 Å². The molecule has 0 saturated carbocycles. The van der Waals surface area contributed by atoms with Gasteiger partial charge in [-0.3, -0.25) is 9.59 Å². The van der Waals surface area contributed by atoms with Gasteiger partial charge < -0.3 is 19.6 Å². The van der Waals surface area contributed by atoms with Crippen LogP contribution in [-0.4, -0.2) is 35.4 Å². The smallest absolute Gasteiger partial charge is 0.274 e. The molecule has 10 nitrogen and oxygen atoms in total. The number of carbonyl (C=O) groups excluding carboxylic acids is 1. The van der Waals surface area contributed by atoms with Gasteiger partial charge in [-0.15, -0.1) is 11.3 Å². The van der Waals surface area contributed by atoms with Crippen LogP contribution in [0.1, 0.15) is 34.1 Å². The monoisotopic (exact) mass is 515 g/mol. The molecule has 0 spiro atoms. The molecule has 4 aromatic heterocycles. The van der Waals surface area contributed by atoms with Crippen LogP contribution in [0.2, 0.25) is 0 Å². The molecule has 4 aromatic rings. The predicted molar refractivity (Wildman–Crippen MR) is 135 cm³/mol. The van der Waals surface area contributed by atoms with Crippen molar-refractivity contribution in [3.05, 3.63) is 57.3 Å². The minimum absolute atomic E-state index is 0.0613. The van der Waals surface area contributed by atoms with E-state index in [0.717, 1.165) is 22.5 Å². The topological polar surface area (TPSA) is 149 Å². The number of nitrogens with two attached hydrogens (primary N) is 1. The van der Waals surface area contributed by atoms with Gasteiger partial charge in [0.15, 0.2) is 5.75 Å². The van der Waals surface area contributed by atoms with Crippen molar-refractivity contribution < 1.29 is 17.9 Å². The van der Waals surface area contributed by atoms with Crippen molar-refractivity contribution in [2.45, 2.75) is 31.9 Å². The van der Waals surface area contributed by atoms with Crippen LogP contribution in [0.5, 0.6) is 11.6 Å². The minimum atomic E-state index is -4.06. The number of aromatic amines is 1. The number of amides is 1. The molecule has 12 heteroatoms. The van der Waals surface area contributed by atoms with Crippen molar-refractivity contribution in [1.29, 1.82) is 0 Å². The molecule has 0 unspecified atom stereocenters. The van der Waals surface area contributed by atoms with Gasteiger partial charge in [0.05, 0.1) is 4.88 Å². The maximum Gasteiger partial charge on any atom is 0.274 e. The molecule has 0 saturated heterocycles. The van der Waals surface area contributed by atoms with E-state index in [1.165, 1.54) is 4.57 Å². The van der Waals surface area contributed by atoms with Gasteiger partial charge in [0.25, 0.3) is 11.5 Å². The summed E-state index contributed by atoms with van der Waals surface area (Å²) in [5.74, 6) is 0.219. The molecule has 4 rings (SSSR count). The second kappa shape index (κ2) is 8.95. The van der Waals surface area contributed by atoms with E-state index >= 15 is 0 Å². The van der Waals surface area contributed by atoms with E-state index < -0.39 is 10.0 Å². The number of pyridine rings is 2. The highest BCUT2D eigenvalue weighted by Gasteiger charge is 2.28. The third-order valence-corrected chi connectivity index (χ3v) is 8.33. The van der Waals surface area contributed by atoms with Gasteiger partial charge in [0, 0.05) is 48.1 Å². The van der Waals surface area contributed by atoms with Gasteiger partial charge in [-0.2, -0.15) is 0 Å². The summed E-state index contributed by atoms with van der Waals surface area (Å²) < 4.78 is 32.2. The molecule has 1 amide bonds. The second-order valence-corrected chi connectivity index (χ2v) is 11.0. The number of fused-ring (bicyclic) bond motifs is 1. The van der Waals surface area contributed by atoms with Gasteiger partial charge >= 0.3 is 0 Å². The number of carbonyl (C=O) groups is 1. The van der Waals surface area contributed by atoms with Crippen molar-refractivity contribution in [3.8, 4) is 22.1 Å². The van der Waals surface area contributed by atoms with Crippen LogP contribution < -0.4 is 20.8 Å². The summed E-state index contributed by atoms with van der Waals surface area (Å²) in [7, 11) is -2.49. The maximum absolute atomic E-state index is 12.8. The zero-order valence-electron chi connectivity index (χ0n) is 19.8. The Bertz CT molecular complexity index is 1650. The Balaban J connectivity index is 2.02. The molecule has 0 aliphatic rings. The number of sulfonamides is 1. The van der Waals surface area contributed by atoms with Crippen LogP contribution in [0.25, 0.3) is 21.3 Å². The summed E-state index contributed by atoms with van der Waals surface area (Å²) in [6.07, 6.45) is 3.24. The second-order valence-electron chi connectivity index (χ2n) is 8.24. The van der Waals surface area contributed by atoms with E-state index in [-0.39, 0.29) is 32.6 Å². The molecule has 4 heterocycles. The first kappa shape index (κ1) is 24.6. The molecule has 35 heavy (non-hydrogen) atoms. The SMILES string of the molecule is CCNC(=O)c1cc2c(-c3sc(S(N)(=O)=O)c(C)c3Oc3ncc(C)cc3C)cn(C)c(=O)c2[nH]1. The number of hydrogen-bond donors (Lipinski definition) is 3. The van der Waals surface area contributed by atoms with Gasteiger partial charge in [0.1, 0.15) is 15.4 Å². The predicted octanol–water partition coefficient (Wildman–Crippen LogP) is 3.10. The van der Waals surface area contributed by atoms with E-state index in [4.69, 9.17) is 9.88 Å². The lowest BCUT2D eigenvalue weighted by atomic mass is 10.1. The normalized spacial score (nSPS) is 11.7. The quantitative estimate of drug-likeness (QED) is 0.359. The molecule has 0 atom stereocenters. The third-order valence-electron chi connectivity index (χ3n) is 5.46. The van der Waals surface area contributed by atoms with E-state index in [9.17, 15) is 18.0 Å². The highest BCUT2D eigenvalue weighted by molar-refractivity contribution is 7.91. The van der Waals surface area contributed by atoms with Crippen LogP contribution >= 0.6 is 11.3 Å². The molecule has 4 N–H and O–H groups in total. The number of thiophene rings is 1. The first-order valence-corrected chi connectivity index (χ1v) is 13.1. The van der Waals surface area contributed by atoms with Crippen LogP contribution in [0, 0.1) is 20.8 Å². The van der Waals surface area contributed by atoms with Crippen LogP contribution in [0.15, 0.2) is 33.5 Å². The Morgan fingerprint density at radius 2 is 2.00 bits per heavy atom. The first-order valence-electron chi connectivity index (χ1n) is 10.7. The number of aryl methyl sites for hydroxylation is 3. The van der Waals surface area contributed by atoms with Crippen molar-refractivity contribution >= 4 is 38.2 Å². The summed E-state index contributed by atoms with van der Waals surface area (Å²) in [5.41, 5.74) is 2.65. The highest BCUT2D eigenvalue weighted by atomic mass is 32.2. The molecular formula is C23H25N5O5S2. The van der Waals surface area contributed by atoms with Crippen molar-refractivity contribution in [3.63, 3.8) is 0 Å². The summed E-state index contributed by atoms with van der Waals surface area (Å²) in [6.45, 7) is 7.56. The number of H-pyrrole nitrogens is 1. The fourth-order valence-electron chi connectivity index (χ4n) is 3.85. The lowest BCUT2D eigenvalue weighted by Crippen LogP contribution is -2.23. The number of nitrogens with zero attached hydrogens (tertiary/aromatic N) is 2. The number of hydrogen-bond acceptors (Lipinski definition) is 7. The molecule has 0 aliphatic carbocycles. The highest BCUT2D eigenvalue weighted by Crippen LogP contribution is 2.47. The fraction of sp³-hybridized carbons (Fsp3) is 0.261. The lowest BCUT2D eigenvalue weighted by Gasteiger charge is -2.11. The number of nitrogens with one attached hydrogen (secondary N) is 2. The van der Waals surface area contributed by atoms with Crippen LogP contribution in [0.3, 0.4) is 0 Å². The zero-order valence-corrected chi connectivity index (χ0v) is 21.5. The Labute approximate surface area is 205 Å². The van der Waals surface area contributed by atoms with E-state index in [1.807, 2.05) is 19.9 Å². The van der Waals surface area contributed by atoms with Gasteiger partial charge in [0.2, 0.25) is 15.9 Å². The minimum Gasteiger partial charge on any atom is -0.437 e. The maximum atomic E-state index is 12.8. The molecule has 0 radical (unpaired) electrons. The molecule has 0 aromatic carbocycles. The molecule has 0 bridgehead atoms.